The Balaban J connectivity index is 2.11. The molecule has 0 spiro atoms. The summed E-state index contributed by atoms with van der Waals surface area (Å²) < 4.78 is 35.9. The normalized spacial score (nSPS) is 13.6. The first-order chi connectivity index (χ1) is 12.8. The van der Waals surface area contributed by atoms with Crippen LogP contribution in [0.15, 0.2) is 29.5 Å². The minimum atomic E-state index is -2.99. The molecule has 1 aliphatic carbocycles. The highest BCUT2D eigenvalue weighted by atomic mass is 35.5. The minimum absolute atomic E-state index is 0.0290. The Hall–Kier alpha value is -2.32. The highest BCUT2D eigenvalue weighted by molar-refractivity contribution is 6.34. The number of hydrogen-bond acceptors (Lipinski definition) is 4. The van der Waals surface area contributed by atoms with Crippen LogP contribution >= 0.6 is 23.2 Å². The zero-order valence-electron chi connectivity index (χ0n) is 14.0. The molecule has 1 amide bonds. The number of ether oxygens (including phenoxy) is 2. The number of methoxy groups -OCH3 is 1. The van der Waals surface area contributed by atoms with Crippen molar-refractivity contribution in [3.8, 4) is 11.5 Å². The van der Waals surface area contributed by atoms with E-state index in [4.69, 9.17) is 27.9 Å². The molecule has 6 nitrogen and oxygen atoms in total. The second-order valence-electron chi connectivity index (χ2n) is 5.81. The van der Waals surface area contributed by atoms with Crippen molar-refractivity contribution >= 4 is 29.1 Å². The van der Waals surface area contributed by atoms with Gasteiger partial charge < -0.3 is 14.7 Å². The fourth-order valence-corrected chi connectivity index (χ4v) is 3.24. The van der Waals surface area contributed by atoms with E-state index >= 15 is 0 Å². The third kappa shape index (κ3) is 4.17. The molecule has 1 N–H and O–H groups in total. The van der Waals surface area contributed by atoms with Gasteiger partial charge in [0.2, 0.25) is 0 Å². The predicted octanol–water partition coefficient (Wildman–Crippen LogP) is 4.26. The lowest BCUT2D eigenvalue weighted by atomic mass is 10.0. The first-order valence-corrected chi connectivity index (χ1v) is 8.58. The number of pyridine rings is 1. The molecule has 1 fully saturated rings. The van der Waals surface area contributed by atoms with Gasteiger partial charge in [0.1, 0.15) is 16.9 Å². The summed E-state index contributed by atoms with van der Waals surface area (Å²) in [4.78, 5) is 16.6. The Kier molecular flexibility index (Phi) is 5.57. The van der Waals surface area contributed by atoms with Gasteiger partial charge in [-0.25, -0.2) is 4.99 Å². The number of carbonyl (C=O) groups excluding carboxylic acids is 1. The maximum Gasteiger partial charge on any atom is 0.387 e. The summed E-state index contributed by atoms with van der Waals surface area (Å²) in [5.41, 5.74) is 0.478. The Labute approximate surface area is 162 Å². The van der Waals surface area contributed by atoms with E-state index in [2.05, 4.69) is 9.73 Å². The summed E-state index contributed by atoms with van der Waals surface area (Å²) in [7, 11) is 1.33. The number of benzene rings is 1. The molecule has 0 bridgehead atoms. The van der Waals surface area contributed by atoms with Crippen LogP contribution in [-0.4, -0.2) is 29.6 Å². The van der Waals surface area contributed by atoms with Gasteiger partial charge in [0, 0.05) is 5.56 Å². The summed E-state index contributed by atoms with van der Waals surface area (Å²) in [5, 5.41) is 9.27. The van der Waals surface area contributed by atoms with Crippen LogP contribution in [0.4, 0.5) is 8.78 Å². The first kappa shape index (κ1) is 19.4. The number of hydrogen-bond donors (Lipinski definition) is 1. The van der Waals surface area contributed by atoms with Crippen LogP contribution < -0.4 is 14.8 Å². The van der Waals surface area contributed by atoms with Gasteiger partial charge >= 0.3 is 6.61 Å². The van der Waals surface area contributed by atoms with Gasteiger partial charge in [0.25, 0.3) is 5.91 Å². The van der Waals surface area contributed by atoms with Crippen molar-refractivity contribution < 1.29 is 28.3 Å². The maximum atomic E-state index is 12.7. The molecule has 1 aliphatic rings. The Morgan fingerprint density at radius 3 is 2.44 bits per heavy atom. The molecular formula is C17H14Cl2F2N2O4. The zero-order valence-corrected chi connectivity index (χ0v) is 15.5. The van der Waals surface area contributed by atoms with Crippen LogP contribution in [-0.2, 0) is 0 Å². The van der Waals surface area contributed by atoms with E-state index < -0.39 is 12.5 Å². The molecule has 1 aromatic carbocycles. The van der Waals surface area contributed by atoms with Crippen LogP contribution in [0.5, 0.6) is 11.5 Å². The molecule has 0 saturated heterocycles. The lowest BCUT2D eigenvalue weighted by Crippen LogP contribution is -2.14. The minimum Gasteiger partial charge on any atom is -0.495 e. The number of carbonyl (C=O) groups is 1. The summed E-state index contributed by atoms with van der Waals surface area (Å²) in [6.07, 6.45) is 3.78. The van der Waals surface area contributed by atoms with Gasteiger partial charge in [-0.2, -0.15) is 13.5 Å². The van der Waals surface area contributed by atoms with Crippen LogP contribution in [0.1, 0.15) is 34.7 Å². The van der Waals surface area contributed by atoms with E-state index in [1.165, 1.54) is 19.2 Å². The van der Waals surface area contributed by atoms with Gasteiger partial charge in [-0.1, -0.05) is 23.2 Å². The summed E-state index contributed by atoms with van der Waals surface area (Å²) in [6.45, 7) is -2.99. The van der Waals surface area contributed by atoms with Crippen molar-refractivity contribution in [1.29, 1.82) is 0 Å². The van der Waals surface area contributed by atoms with E-state index in [9.17, 15) is 18.8 Å². The zero-order chi connectivity index (χ0) is 19.7. The Morgan fingerprint density at radius 1 is 1.30 bits per heavy atom. The van der Waals surface area contributed by atoms with Crippen LogP contribution in [0.2, 0.25) is 10.0 Å². The SMILES string of the molecule is COc1c(C(=O)N=c2c(Cl)cn(O)cc2Cl)ccc(OC(F)F)c1C1CC1. The fraction of sp³-hybridized carbons (Fsp3) is 0.294. The van der Waals surface area contributed by atoms with Crippen molar-refractivity contribution in [3.05, 3.63) is 51.1 Å². The van der Waals surface area contributed by atoms with Gasteiger partial charge in [0.05, 0.1) is 35.1 Å². The highest BCUT2D eigenvalue weighted by Crippen LogP contribution is 2.50. The van der Waals surface area contributed by atoms with Crippen LogP contribution in [0.3, 0.4) is 0 Å². The fourth-order valence-electron chi connectivity index (χ4n) is 2.70. The van der Waals surface area contributed by atoms with Crippen molar-refractivity contribution in [2.24, 2.45) is 4.99 Å². The molecule has 10 heteroatoms. The standard InChI is InChI=1S/C17H14Cl2F2N2O4/c1-26-15-9(4-5-12(27-17(20)21)13(15)8-2-3-8)16(24)22-14-10(18)6-23(25)7-11(14)19/h4-8,17,25H,2-3H2,1H3. The van der Waals surface area contributed by atoms with E-state index in [0.29, 0.717) is 10.3 Å². The van der Waals surface area contributed by atoms with E-state index in [1.807, 2.05) is 0 Å². The number of aromatic nitrogens is 1. The molecule has 27 heavy (non-hydrogen) atoms. The Bertz CT molecular complexity index is 932. The number of alkyl halides is 2. The average Bonchev–Trinajstić information content (AvgIpc) is 3.41. The smallest absolute Gasteiger partial charge is 0.387 e. The van der Waals surface area contributed by atoms with Gasteiger partial charge in [-0.3, -0.25) is 4.79 Å². The largest absolute Gasteiger partial charge is 0.495 e. The van der Waals surface area contributed by atoms with Crippen molar-refractivity contribution in [2.45, 2.75) is 25.4 Å². The number of nitrogens with zero attached hydrogens (tertiary/aromatic N) is 2. The first-order valence-electron chi connectivity index (χ1n) is 7.83. The molecule has 3 rings (SSSR count). The molecule has 0 radical (unpaired) electrons. The lowest BCUT2D eigenvalue weighted by Gasteiger charge is -2.16. The molecule has 0 aliphatic heterocycles. The number of rotatable bonds is 5. The molecule has 1 saturated carbocycles. The maximum absolute atomic E-state index is 12.7. The van der Waals surface area contributed by atoms with E-state index in [-0.39, 0.29) is 38.4 Å². The summed E-state index contributed by atoms with van der Waals surface area (Å²) in [6, 6.07) is 2.59. The Morgan fingerprint density at radius 2 is 1.93 bits per heavy atom. The van der Waals surface area contributed by atoms with Gasteiger partial charge in [0.15, 0.2) is 0 Å². The van der Waals surface area contributed by atoms with Crippen molar-refractivity contribution in [1.82, 2.24) is 4.73 Å². The van der Waals surface area contributed by atoms with Crippen molar-refractivity contribution in [2.75, 3.05) is 7.11 Å². The lowest BCUT2D eigenvalue weighted by molar-refractivity contribution is -0.0505. The monoisotopic (exact) mass is 418 g/mol. The van der Waals surface area contributed by atoms with Crippen molar-refractivity contribution in [3.63, 3.8) is 0 Å². The summed E-state index contributed by atoms with van der Waals surface area (Å²) >= 11 is 11.9. The van der Waals surface area contributed by atoms with Crippen LogP contribution in [0.25, 0.3) is 0 Å². The molecule has 144 valence electrons. The predicted molar refractivity (Wildman–Crippen MR) is 93.1 cm³/mol. The molecule has 0 atom stereocenters. The molecule has 1 heterocycles. The average molecular weight is 419 g/mol. The van der Waals surface area contributed by atoms with E-state index in [0.717, 1.165) is 25.2 Å². The second kappa shape index (κ2) is 7.74. The molecule has 0 unspecified atom stereocenters. The quantitative estimate of drug-likeness (QED) is 0.736. The summed E-state index contributed by atoms with van der Waals surface area (Å²) in [5.74, 6) is -0.654. The second-order valence-corrected chi connectivity index (χ2v) is 6.63. The third-order valence-electron chi connectivity index (χ3n) is 3.95. The third-order valence-corrected chi connectivity index (χ3v) is 4.50. The molecular weight excluding hydrogens is 405 g/mol. The molecule has 2 aromatic rings. The topological polar surface area (TPSA) is 73.0 Å². The number of amides is 1. The molecule has 1 aromatic heterocycles. The van der Waals surface area contributed by atoms with Gasteiger partial charge in [-0.05, 0) is 30.9 Å². The van der Waals surface area contributed by atoms with Crippen LogP contribution in [0, 0.1) is 0 Å². The van der Waals surface area contributed by atoms with E-state index in [1.54, 1.807) is 0 Å². The highest BCUT2D eigenvalue weighted by Gasteiger charge is 2.33. The van der Waals surface area contributed by atoms with Gasteiger partial charge in [-0.15, -0.1) is 0 Å². The number of halogens is 4.